The van der Waals surface area contributed by atoms with E-state index in [0.29, 0.717) is 4.47 Å². The van der Waals surface area contributed by atoms with Crippen LogP contribution >= 0.6 is 15.9 Å². The first-order valence-electron chi connectivity index (χ1n) is 4.87. The lowest BCUT2D eigenvalue weighted by Crippen LogP contribution is -2.24. The zero-order valence-corrected chi connectivity index (χ0v) is 10.9. The molecule has 0 radical (unpaired) electrons. The predicted octanol–water partition coefficient (Wildman–Crippen LogP) is 3.58. The first-order valence-corrected chi connectivity index (χ1v) is 5.67. The summed E-state index contributed by atoms with van der Waals surface area (Å²) in [7, 11) is 1.24. The number of aliphatic carboxylic acids is 1. The van der Waals surface area contributed by atoms with E-state index in [9.17, 15) is 18.0 Å². The molecule has 1 unspecified atom stereocenters. The van der Waals surface area contributed by atoms with Gasteiger partial charge >= 0.3 is 12.1 Å². The number of benzene rings is 1. The lowest BCUT2D eigenvalue weighted by molar-refractivity contribution is -0.163. The highest BCUT2D eigenvalue weighted by Gasteiger charge is 2.43. The van der Waals surface area contributed by atoms with Gasteiger partial charge in [-0.2, -0.15) is 13.2 Å². The molecule has 1 rings (SSSR count). The molecule has 0 saturated carbocycles. The summed E-state index contributed by atoms with van der Waals surface area (Å²) in [5.41, 5.74) is -0.193. The molecule has 18 heavy (non-hydrogen) atoms. The lowest BCUT2D eigenvalue weighted by atomic mass is 9.94. The molecule has 0 aromatic heterocycles. The second-order valence-electron chi connectivity index (χ2n) is 3.58. The van der Waals surface area contributed by atoms with Crippen LogP contribution in [-0.2, 0) is 4.79 Å². The molecule has 1 aromatic rings. The Morgan fingerprint density at radius 1 is 1.50 bits per heavy atom. The van der Waals surface area contributed by atoms with Gasteiger partial charge in [0.15, 0.2) is 0 Å². The van der Waals surface area contributed by atoms with Crippen molar-refractivity contribution < 1.29 is 27.8 Å². The van der Waals surface area contributed by atoms with Crippen LogP contribution in [0.5, 0.6) is 5.75 Å². The van der Waals surface area contributed by atoms with Crippen molar-refractivity contribution in [3.8, 4) is 5.75 Å². The molecule has 1 aromatic carbocycles. The molecule has 0 fully saturated rings. The lowest BCUT2D eigenvalue weighted by Gasteiger charge is -2.21. The van der Waals surface area contributed by atoms with Gasteiger partial charge in [0.1, 0.15) is 5.75 Å². The summed E-state index contributed by atoms with van der Waals surface area (Å²) in [6, 6.07) is 4.11. The normalized spacial score (nSPS) is 13.2. The minimum Gasteiger partial charge on any atom is -0.496 e. The molecule has 0 heterocycles. The van der Waals surface area contributed by atoms with Gasteiger partial charge in [-0.05, 0) is 18.2 Å². The van der Waals surface area contributed by atoms with Crippen LogP contribution in [0.15, 0.2) is 22.7 Å². The Kier molecular flexibility index (Phi) is 4.61. The zero-order chi connectivity index (χ0) is 13.9. The van der Waals surface area contributed by atoms with Crippen LogP contribution in [-0.4, -0.2) is 24.4 Å². The number of carboxylic acid groups (broad SMARTS) is 1. The van der Waals surface area contributed by atoms with Crippen molar-refractivity contribution in [3.63, 3.8) is 0 Å². The van der Waals surface area contributed by atoms with Gasteiger partial charge in [-0.3, -0.25) is 4.79 Å². The van der Waals surface area contributed by atoms with Crippen molar-refractivity contribution in [2.45, 2.75) is 18.5 Å². The molecule has 0 saturated heterocycles. The average molecular weight is 327 g/mol. The molecule has 0 aliphatic rings. The predicted molar refractivity (Wildman–Crippen MR) is 61.7 cm³/mol. The van der Waals surface area contributed by atoms with Crippen LogP contribution in [0.4, 0.5) is 13.2 Å². The smallest absolute Gasteiger partial charge is 0.396 e. The highest BCUT2D eigenvalue weighted by molar-refractivity contribution is 9.10. The third kappa shape index (κ3) is 3.63. The summed E-state index contributed by atoms with van der Waals surface area (Å²) in [4.78, 5) is 10.6. The first kappa shape index (κ1) is 14.8. The number of rotatable bonds is 4. The van der Waals surface area contributed by atoms with E-state index in [1.54, 1.807) is 0 Å². The largest absolute Gasteiger partial charge is 0.496 e. The highest BCUT2D eigenvalue weighted by Crippen LogP contribution is 2.42. The van der Waals surface area contributed by atoms with Crippen molar-refractivity contribution in [2.24, 2.45) is 0 Å². The fourth-order valence-electron chi connectivity index (χ4n) is 1.55. The summed E-state index contributed by atoms with van der Waals surface area (Å²) in [5, 5.41) is 8.59. The second kappa shape index (κ2) is 5.60. The standard InChI is InChI=1S/C11H10BrF3O3/c1-18-9-3-2-6(12)4-7(9)8(5-10(16)17)11(13,14)15/h2-4,8H,5H2,1H3,(H,16,17). The van der Waals surface area contributed by atoms with Crippen LogP contribution in [0.2, 0.25) is 0 Å². The average Bonchev–Trinajstić information content (AvgIpc) is 2.24. The van der Waals surface area contributed by atoms with Crippen LogP contribution in [0.25, 0.3) is 0 Å². The minimum absolute atomic E-state index is 0.0155. The van der Waals surface area contributed by atoms with Gasteiger partial charge in [0.05, 0.1) is 19.4 Å². The number of ether oxygens (including phenoxy) is 1. The second-order valence-corrected chi connectivity index (χ2v) is 4.49. The summed E-state index contributed by atoms with van der Waals surface area (Å²) in [6.45, 7) is 0. The fraction of sp³-hybridized carbons (Fsp3) is 0.364. The van der Waals surface area contributed by atoms with Crippen LogP contribution < -0.4 is 4.74 Å². The Morgan fingerprint density at radius 2 is 2.11 bits per heavy atom. The van der Waals surface area contributed by atoms with E-state index in [0.717, 1.165) is 0 Å². The molecule has 0 aliphatic heterocycles. The monoisotopic (exact) mass is 326 g/mol. The quantitative estimate of drug-likeness (QED) is 0.919. The fourth-order valence-corrected chi connectivity index (χ4v) is 1.93. The summed E-state index contributed by atoms with van der Waals surface area (Å²) in [5.74, 6) is -3.59. The topological polar surface area (TPSA) is 46.5 Å². The van der Waals surface area contributed by atoms with Gasteiger partial charge in [-0.1, -0.05) is 15.9 Å². The Morgan fingerprint density at radius 3 is 2.56 bits per heavy atom. The van der Waals surface area contributed by atoms with Crippen LogP contribution in [0, 0.1) is 0 Å². The van der Waals surface area contributed by atoms with E-state index in [4.69, 9.17) is 9.84 Å². The van der Waals surface area contributed by atoms with Gasteiger partial charge in [0.25, 0.3) is 0 Å². The number of carbonyl (C=O) groups is 1. The summed E-state index contributed by atoms with van der Waals surface area (Å²) >= 11 is 3.06. The van der Waals surface area contributed by atoms with Gasteiger partial charge in [-0.15, -0.1) is 0 Å². The molecular weight excluding hydrogens is 317 g/mol. The summed E-state index contributed by atoms with van der Waals surface area (Å²) < 4.78 is 43.9. The van der Waals surface area contributed by atoms with Crippen LogP contribution in [0.3, 0.4) is 0 Å². The van der Waals surface area contributed by atoms with Gasteiger partial charge in [0.2, 0.25) is 0 Å². The van der Waals surface area contributed by atoms with E-state index in [2.05, 4.69) is 15.9 Å². The molecule has 1 atom stereocenters. The number of methoxy groups -OCH3 is 1. The first-order chi connectivity index (χ1) is 8.25. The molecule has 0 aliphatic carbocycles. The molecule has 0 spiro atoms. The third-order valence-electron chi connectivity index (χ3n) is 2.34. The van der Waals surface area contributed by atoms with Gasteiger partial charge in [0, 0.05) is 10.0 Å². The molecule has 1 N–H and O–H groups in total. The minimum atomic E-state index is -4.65. The number of hydrogen-bond acceptors (Lipinski definition) is 2. The zero-order valence-electron chi connectivity index (χ0n) is 9.29. The molecule has 7 heteroatoms. The van der Waals surface area contributed by atoms with Crippen LogP contribution in [0.1, 0.15) is 17.9 Å². The Hall–Kier alpha value is -1.24. The Bertz CT molecular complexity index is 446. The highest BCUT2D eigenvalue weighted by atomic mass is 79.9. The van der Waals surface area contributed by atoms with Crippen molar-refractivity contribution in [1.29, 1.82) is 0 Å². The van der Waals surface area contributed by atoms with Crippen molar-refractivity contribution in [1.82, 2.24) is 0 Å². The van der Waals surface area contributed by atoms with Crippen molar-refractivity contribution in [2.75, 3.05) is 7.11 Å². The SMILES string of the molecule is COc1ccc(Br)cc1C(CC(=O)O)C(F)(F)F. The van der Waals surface area contributed by atoms with E-state index in [1.165, 1.54) is 25.3 Å². The molecule has 0 bridgehead atoms. The van der Waals surface area contributed by atoms with E-state index >= 15 is 0 Å². The number of halogens is 4. The van der Waals surface area contributed by atoms with E-state index in [1.807, 2.05) is 0 Å². The van der Waals surface area contributed by atoms with Crippen molar-refractivity contribution in [3.05, 3.63) is 28.2 Å². The molecule has 0 amide bonds. The maximum Gasteiger partial charge on any atom is 0.396 e. The van der Waals surface area contributed by atoms with Gasteiger partial charge < -0.3 is 9.84 Å². The number of carboxylic acids is 1. The van der Waals surface area contributed by atoms with E-state index in [-0.39, 0.29) is 11.3 Å². The van der Waals surface area contributed by atoms with Crippen molar-refractivity contribution >= 4 is 21.9 Å². The Balaban J connectivity index is 3.27. The maximum absolute atomic E-state index is 12.9. The van der Waals surface area contributed by atoms with Gasteiger partial charge in [-0.25, -0.2) is 0 Å². The summed E-state index contributed by atoms with van der Waals surface area (Å²) in [6.07, 6.45) is -5.68. The van der Waals surface area contributed by atoms with E-state index < -0.39 is 24.5 Å². The molecule has 3 nitrogen and oxygen atoms in total. The molecular formula is C11H10BrF3O3. The maximum atomic E-state index is 12.9. The third-order valence-corrected chi connectivity index (χ3v) is 2.83. The Labute approximate surface area is 110 Å². The number of alkyl halides is 3. The number of hydrogen-bond donors (Lipinski definition) is 1. The molecule has 100 valence electrons.